The van der Waals surface area contributed by atoms with Crippen molar-refractivity contribution in [3.63, 3.8) is 0 Å². The van der Waals surface area contributed by atoms with Crippen molar-refractivity contribution in [1.29, 1.82) is 0 Å². The topological polar surface area (TPSA) is 99.1 Å². The SMILES string of the molecule is C=CCC12CC(CC=C(C)C)C(C)(C)C(CC=C)(C(=O)C(=C(O)/C=C/c3cc(OC)c(OC)c(OC)c3)C1=O)C2=O. The summed E-state index contributed by atoms with van der Waals surface area (Å²) in [5.74, 6) is -1.14. The van der Waals surface area contributed by atoms with E-state index in [1.54, 1.807) is 30.4 Å². The van der Waals surface area contributed by atoms with Crippen molar-refractivity contribution in [1.82, 2.24) is 0 Å². The number of allylic oxidation sites excluding steroid dienone is 6. The zero-order chi connectivity index (χ0) is 30.8. The molecule has 2 aliphatic carbocycles. The maximum absolute atomic E-state index is 14.4. The number of ether oxygens (including phenoxy) is 3. The molecule has 0 aromatic heterocycles. The van der Waals surface area contributed by atoms with E-state index >= 15 is 0 Å². The van der Waals surface area contributed by atoms with Gasteiger partial charge in [0.1, 0.15) is 16.7 Å². The highest BCUT2D eigenvalue weighted by Crippen LogP contribution is 2.65. The molecule has 7 heteroatoms. The van der Waals surface area contributed by atoms with E-state index < -0.39 is 39.4 Å². The fourth-order valence-electron chi connectivity index (χ4n) is 6.59. The van der Waals surface area contributed by atoms with Crippen LogP contribution in [0.4, 0.5) is 0 Å². The van der Waals surface area contributed by atoms with Crippen molar-refractivity contribution >= 4 is 23.4 Å². The van der Waals surface area contributed by atoms with Gasteiger partial charge in [0.25, 0.3) is 0 Å². The number of benzene rings is 1. The zero-order valence-corrected chi connectivity index (χ0v) is 25.3. The Labute approximate surface area is 243 Å². The summed E-state index contributed by atoms with van der Waals surface area (Å²) in [5, 5.41) is 11.3. The van der Waals surface area contributed by atoms with Gasteiger partial charge in [0, 0.05) is 0 Å². The van der Waals surface area contributed by atoms with Gasteiger partial charge in [0.2, 0.25) is 5.75 Å². The van der Waals surface area contributed by atoms with Gasteiger partial charge >= 0.3 is 0 Å². The molecule has 3 atom stereocenters. The lowest BCUT2D eigenvalue weighted by molar-refractivity contribution is -0.176. The average Bonchev–Trinajstić information content (AvgIpc) is 2.93. The van der Waals surface area contributed by atoms with Gasteiger partial charge in [-0.3, -0.25) is 14.4 Å². The second-order valence-corrected chi connectivity index (χ2v) is 11.7. The van der Waals surface area contributed by atoms with Crippen molar-refractivity contribution in [3.05, 3.63) is 72.1 Å². The van der Waals surface area contributed by atoms with Crippen LogP contribution in [0, 0.1) is 22.2 Å². The number of hydrogen-bond donors (Lipinski definition) is 1. The fourth-order valence-corrected chi connectivity index (χ4v) is 6.59. The first-order chi connectivity index (χ1) is 19.3. The fraction of sp³-hybridized carbons (Fsp3) is 0.441. The molecule has 0 amide bonds. The van der Waals surface area contributed by atoms with Crippen molar-refractivity contribution in [2.24, 2.45) is 22.2 Å². The standard InChI is InChI=1S/C34H42O7/c1-10-16-33-20-23(14-12-21(3)4)32(5,6)34(17-11-2,31(33)38)30(37)27(29(33)36)24(35)15-13-22-18-25(39-7)28(41-9)26(19-22)40-8/h10-13,15,18-19,23,35H,1-2,14,16-17,20H2,3-9H3/b15-13+,27-24?. The number of carbonyl (C=O) groups is 3. The van der Waals surface area contributed by atoms with Crippen LogP contribution in [-0.4, -0.2) is 43.8 Å². The molecule has 2 bridgehead atoms. The van der Waals surface area contributed by atoms with Crippen LogP contribution in [0.5, 0.6) is 17.2 Å². The lowest BCUT2D eigenvalue weighted by Crippen LogP contribution is -2.69. The van der Waals surface area contributed by atoms with Gasteiger partial charge in [-0.1, -0.05) is 43.7 Å². The molecule has 2 aliphatic rings. The molecule has 2 saturated carbocycles. The van der Waals surface area contributed by atoms with Gasteiger partial charge in [-0.15, -0.1) is 13.2 Å². The summed E-state index contributed by atoms with van der Waals surface area (Å²) in [6.07, 6.45) is 9.06. The van der Waals surface area contributed by atoms with Crippen LogP contribution in [0.2, 0.25) is 0 Å². The monoisotopic (exact) mass is 562 g/mol. The Morgan fingerprint density at radius 1 is 0.976 bits per heavy atom. The molecule has 3 unspecified atom stereocenters. The van der Waals surface area contributed by atoms with E-state index in [1.807, 2.05) is 27.7 Å². The van der Waals surface area contributed by atoms with Crippen LogP contribution in [0.3, 0.4) is 0 Å². The zero-order valence-electron chi connectivity index (χ0n) is 25.3. The number of Topliss-reactive ketones (excluding diaryl/α,β-unsaturated/α-hetero) is 3. The highest BCUT2D eigenvalue weighted by Gasteiger charge is 2.73. The Morgan fingerprint density at radius 2 is 1.56 bits per heavy atom. The summed E-state index contributed by atoms with van der Waals surface area (Å²) < 4.78 is 16.2. The van der Waals surface area contributed by atoms with Crippen LogP contribution >= 0.6 is 0 Å². The number of ketones is 3. The normalized spacial score (nSPS) is 26.4. The Hall–Kier alpha value is -3.87. The summed E-state index contributed by atoms with van der Waals surface area (Å²) >= 11 is 0. The first kappa shape index (κ1) is 31.7. The molecule has 1 N–H and O–H groups in total. The van der Waals surface area contributed by atoms with E-state index in [-0.39, 0.29) is 30.8 Å². The third kappa shape index (κ3) is 4.96. The van der Waals surface area contributed by atoms with Crippen LogP contribution < -0.4 is 14.2 Å². The first-order valence-corrected chi connectivity index (χ1v) is 13.7. The minimum Gasteiger partial charge on any atom is -0.507 e. The molecule has 0 heterocycles. The summed E-state index contributed by atoms with van der Waals surface area (Å²) in [6.45, 7) is 15.5. The third-order valence-corrected chi connectivity index (χ3v) is 8.94. The molecular formula is C34H42O7. The van der Waals surface area contributed by atoms with Crippen molar-refractivity contribution in [3.8, 4) is 17.2 Å². The number of fused-ring (bicyclic) bond motifs is 2. The summed E-state index contributed by atoms with van der Waals surface area (Å²) in [6, 6.07) is 3.35. The van der Waals surface area contributed by atoms with E-state index in [1.165, 1.54) is 27.4 Å². The van der Waals surface area contributed by atoms with Crippen LogP contribution in [0.25, 0.3) is 6.08 Å². The Morgan fingerprint density at radius 3 is 2.05 bits per heavy atom. The molecule has 0 spiro atoms. The van der Waals surface area contributed by atoms with Gasteiger partial charge in [-0.05, 0) is 74.6 Å². The van der Waals surface area contributed by atoms with Crippen molar-refractivity contribution in [2.45, 2.75) is 53.4 Å². The van der Waals surface area contributed by atoms with Crippen LogP contribution in [0.15, 0.2) is 66.5 Å². The lowest BCUT2D eigenvalue weighted by Gasteiger charge is -2.60. The molecular weight excluding hydrogens is 520 g/mol. The maximum Gasteiger partial charge on any atom is 0.203 e. The Bertz CT molecular complexity index is 1330. The predicted octanol–water partition coefficient (Wildman–Crippen LogP) is 6.79. The molecule has 7 nitrogen and oxygen atoms in total. The molecule has 41 heavy (non-hydrogen) atoms. The Balaban J connectivity index is 2.26. The van der Waals surface area contributed by atoms with Crippen LogP contribution in [-0.2, 0) is 14.4 Å². The minimum atomic E-state index is -1.56. The number of aliphatic hydroxyl groups excluding tert-OH is 1. The van der Waals surface area contributed by atoms with E-state index in [0.717, 1.165) is 5.57 Å². The van der Waals surface area contributed by atoms with Gasteiger partial charge in [-0.2, -0.15) is 0 Å². The second kappa shape index (κ2) is 11.9. The van der Waals surface area contributed by atoms with E-state index in [9.17, 15) is 19.5 Å². The van der Waals surface area contributed by atoms with E-state index in [0.29, 0.717) is 29.2 Å². The summed E-state index contributed by atoms with van der Waals surface area (Å²) in [7, 11) is 4.47. The number of aliphatic hydroxyl groups is 1. The minimum absolute atomic E-state index is 0.0581. The molecule has 3 rings (SSSR count). The third-order valence-electron chi connectivity index (χ3n) is 8.94. The molecule has 0 radical (unpaired) electrons. The number of rotatable bonds is 11. The van der Waals surface area contributed by atoms with E-state index in [2.05, 4.69) is 19.2 Å². The van der Waals surface area contributed by atoms with Crippen molar-refractivity contribution < 1.29 is 33.7 Å². The highest BCUT2D eigenvalue weighted by molar-refractivity contribution is 6.40. The van der Waals surface area contributed by atoms with E-state index in [4.69, 9.17) is 14.2 Å². The average molecular weight is 563 g/mol. The quantitative estimate of drug-likeness (QED) is 0.104. The molecule has 220 valence electrons. The molecule has 1 aromatic carbocycles. The largest absolute Gasteiger partial charge is 0.507 e. The molecule has 2 fully saturated rings. The summed E-state index contributed by atoms with van der Waals surface area (Å²) in [4.78, 5) is 43.0. The van der Waals surface area contributed by atoms with Gasteiger partial charge in [0.15, 0.2) is 28.8 Å². The van der Waals surface area contributed by atoms with Gasteiger partial charge < -0.3 is 19.3 Å². The van der Waals surface area contributed by atoms with Crippen LogP contribution in [0.1, 0.15) is 58.9 Å². The lowest BCUT2D eigenvalue weighted by atomic mass is 9.39. The molecule has 0 saturated heterocycles. The molecule has 0 aliphatic heterocycles. The highest BCUT2D eigenvalue weighted by atomic mass is 16.5. The number of carbonyl (C=O) groups excluding carboxylic acids is 3. The predicted molar refractivity (Wildman–Crippen MR) is 160 cm³/mol. The van der Waals surface area contributed by atoms with Gasteiger partial charge in [-0.25, -0.2) is 0 Å². The smallest absolute Gasteiger partial charge is 0.203 e. The number of methoxy groups -OCH3 is 3. The molecule has 1 aromatic rings. The number of hydrogen-bond acceptors (Lipinski definition) is 7. The summed E-state index contributed by atoms with van der Waals surface area (Å²) in [5.41, 5.74) is -2.55. The van der Waals surface area contributed by atoms with Crippen molar-refractivity contribution in [2.75, 3.05) is 21.3 Å². The first-order valence-electron chi connectivity index (χ1n) is 13.7. The second-order valence-electron chi connectivity index (χ2n) is 11.7. The van der Waals surface area contributed by atoms with Gasteiger partial charge in [0.05, 0.1) is 26.7 Å². The Kier molecular flexibility index (Phi) is 9.21. The maximum atomic E-state index is 14.4.